The summed E-state index contributed by atoms with van der Waals surface area (Å²) in [5.74, 6) is 0.937. The number of fused-ring (bicyclic) bond motifs is 3. The molecule has 0 spiro atoms. The minimum atomic E-state index is -4.38. The second-order valence-corrected chi connectivity index (χ2v) is 10.3. The Labute approximate surface area is 216 Å². The fraction of sp³-hybridized carbons (Fsp3) is 0.400. The standard InChI is InChI=1S/C30H33F3N4/c1-6-8-23-14-18(2)13-19(3)28(23)26-12-11-25-21(5)34-27-15-20(4)35-37(27)29(25)36(26)17-22-9-7-10-24(16-22)30(31,32)33/h7,9-10,13-16,26H,6,8,11-12,17H2,1-5H3. The molecule has 4 nitrogen and oxygen atoms in total. The van der Waals surface area contributed by atoms with E-state index in [1.54, 1.807) is 6.07 Å². The van der Waals surface area contributed by atoms with Crippen LogP contribution in [0.3, 0.4) is 0 Å². The predicted octanol–water partition coefficient (Wildman–Crippen LogP) is 7.63. The summed E-state index contributed by atoms with van der Waals surface area (Å²) < 4.78 is 42.6. The molecule has 0 bridgehead atoms. The van der Waals surface area contributed by atoms with Crippen LogP contribution < -0.4 is 4.90 Å². The van der Waals surface area contributed by atoms with Gasteiger partial charge in [-0.05, 0) is 81.3 Å². The minimum absolute atomic E-state index is 0.0127. The van der Waals surface area contributed by atoms with Crippen LogP contribution in [-0.4, -0.2) is 14.6 Å². The van der Waals surface area contributed by atoms with Crippen LogP contribution in [0.4, 0.5) is 19.0 Å². The number of benzene rings is 2. The van der Waals surface area contributed by atoms with E-state index in [1.165, 1.54) is 34.4 Å². The van der Waals surface area contributed by atoms with E-state index in [-0.39, 0.29) is 6.04 Å². The highest BCUT2D eigenvalue weighted by Crippen LogP contribution is 2.43. The van der Waals surface area contributed by atoms with Gasteiger partial charge in [0, 0.05) is 23.9 Å². The van der Waals surface area contributed by atoms with Crippen LogP contribution in [0, 0.1) is 27.7 Å². The molecule has 1 atom stereocenters. The molecule has 0 amide bonds. The fourth-order valence-electron chi connectivity index (χ4n) is 5.97. The lowest BCUT2D eigenvalue weighted by Crippen LogP contribution is -2.36. The van der Waals surface area contributed by atoms with Crippen LogP contribution in [0.5, 0.6) is 0 Å². The summed E-state index contributed by atoms with van der Waals surface area (Å²) in [6.45, 7) is 10.8. The molecule has 2 aromatic carbocycles. The first kappa shape index (κ1) is 25.3. The summed E-state index contributed by atoms with van der Waals surface area (Å²) in [4.78, 5) is 7.07. The van der Waals surface area contributed by atoms with E-state index < -0.39 is 11.7 Å². The summed E-state index contributed by atoms with van der Waals surface area (Å²) in [6, 6.07) is 12.2. The molecule has 0 saturated carbocycles. The number of rotatable bonds is 5. The van der Waals surface area contributed by atoms with Gasteiger partial charge in [-0.2, -0.15) is 22.8 Å². The molecule has 1 aliphatic rings. The van der Waals surface area contributed by atoms with Gasteiger partial charge in [0.2, 0.25) is 0 Å². The quantitative estimate of drug-likeness (QED) is 0.279. The van der Waals surface area contributed by atoms with Gasteiger partial charge in [-0.3, -0.25) is 0 Å². The van der Waals surface area contributed by atoms with Crippen molar-refractivity contribution >= 4 is 11.5 Å². The second-order valence-electron chi connectivity index (χ2n) is 10.3. The van der Waals surface area contributed by atoms with Gasteiger partial charge in [0.1, 0.15) is 5.82 Å². The van der Waals surface area contributed by atoms with Crippen molar-refractivity contribution < 1.29 is 13.2 Å². The van der Waals surface area contributed by atoms with E-state index in [0.29, 0.717) is 12.1 Å². The normalized spacial score (nSPS) is 15.9. The Morgan fingerprint density at radius 3 is 2.54 bits per heavy atom. The Hall–Kier alpha value is -3.35. The molecule has 0 aliphatic carbocycles. The molecule has 2 aromatic heterocycles. The third kappa shape index (κ3) is 4.72. The lowest BCUT2D eigenvalue weighted by Gasteiger charge is -2.41. The molecular weight excluding hydrogens is 473 g/mol. The van der Waals surface area contributed by atoms with Crippen molar-refractivity contribution in [3.8, 4) is 0 Å². The van der Waals surface area contributed by atoms with Crippen LogP contribution in [0.1, 0.15) is 76.1 Å². The third-order valence-electron chi connectivity index (χ3n) is 7.39. The van der Waals surface area contributed by atoms with E-state index in [2.05, 4.69) is 37.8 Å². The van der Waals surface area contributed by atoms with Gasteiger partial charge in [0.25, 0.3) is 0 Å². The zero-order chi connectivity index (χ0) is 26.5. The molecule has 37 heavy (non-hydrogen) atoms. The summed E-state index contributed by atoms with van der Waals surface area (Å²) in [5, 5.41) is 4.77. The number of alkyl halides is 3. The number of hydrogen-bond acceptors (Lipinski definition) is 3. The molecule has 7 heteroatoms. The molecule has 3 heterocycles. The summed E-state index contributed by atoms with van der Waals surface area (Å²) in [7, 11) is 0. The molecule has 0 fully saturated rings. The van der Waals surface area contributed by atoms with Crippen LogP contribution >= 0.6 is 0 Å². The van der Waals surface area contributed by atoms with E-state index >= 15 is 0 Å². The van der Waals surface area contributed by atoms with E-state index in [4.69, 9.17) is 10.1 Å². The zero-order valence-electron chi connectivity index (χ0n) is 22.1. The Kier molecular flexibility index (Phi) is 6.50. The lowest BCUT2D eigenvalue weighted by atomic mass is 9.85. The highest BCUT2D eigenvalue weighted by atomic mass is 19.4. The summed E-state index contributed by atoms with van der Waals surface area (Å²) in [6.07, 6.45) is -0.695. The van der Waals surface area contributed by atoms with E-state index in [0.717, 1.165) is 60.2 Å². The number of hydrogen-bond donors (Lipinski definition) is 0. The molecule has 5 rings (SSSR count). The maximum Gasteiger partial charge on any atom is 0.416 e. The Balaban J connectivity index is 1.73. The average Bonchev–Trinajstić information content (AvgIpc) is 3.19. The first-order chi connectivity index (χ1) is 17.6. The molecule has 1 aliphatic heterocycles. The Morgan fingerprint density at radius 1 is 1.03 bits per heavy atom. The zero-order valence-corrected chi connectivity index (χ0v) is 22.1. The van der Waals surface area contributed by atoms with Gasteiger partial charge in [-0.25, -0.2) is 4.98 Å². The molecule has 0 saturated heterocycles. The molecular formula is C30H33F3N4. The molecule has 0 radical (unpaired) electrons. The number of aryl methyl sites for hydroxylation is 5. The largest absolute Gasteiger partial charge is 0.416 e. The SMILES string of the molecule is CCCc1cc(C)cc(C)c1C1CCc2c(C)nc3cc(C)nn3c2N1Cc1cccc(C(F)(F)F)c1. The summed E-state index contributed by atoms with van der Waals surface area (Å²) in [5.41, 5.74) is 8.75. The number of halogens is 3. The van der Waals surface area contributed by atoms with Crippen molar-refractivity contribution in [3.63, 3.8) is 0 Å². The fourth-order valence-corrected chi connectivity index (χ4v) is 5.97. The topological polar surface area (TPSA) is 33.4 Å². The first-order valence-corrected chi connectivity index (χ1v) is 13.0. The van der Waals surface area contributed by atoms with Crippen LogP contribution in [0.25, 0.3) is 5.65 Å². The van der Waals surface area contributed by atoms with Crippen molar-refractivity contribution in [1.29, 1.82) is 0 Å². The number of anilines is 1. The van der Waals surface area contributed by atoms with Crippen molar-refractivity contribution in [2.75, 3.05) is 4.90 Å². The summed E-state index contributed by atoms with van der Waals surface area (Å²) >= 11 is 0. The van der Waals surface area contributed by atoms with Crippen LogP contribution in [-0.2, 0) is 25.6 Å². The predicted molar refractivity (Wildman–Crippen MR) is 141 cm³/mol. The van der Waals surface area contributed by atoms with Gasteiger partial charge < -0.3 is 4.90 Å². The number of nitrogens with zero attached hydrogens (tertiary/aromatic N) is 4. The highest BCUT2D eigenvalue weighted by molar-refractivity contribution is 5.61. The Bertz CT molecular complexity index is 1470. The Morgan fingerprint density at radius 2 is 1.81 bits per heavy atom. The molecule has 0 N–H and O–H groups in total. The van der Waals surface area contributed by atoms with E-state index in [9.17, 15) is 13.2 Å². The monoisotopic (exact) mass is 506 g/mol. The maximum absolute atomic E-state index is 13.6. The van der Waals surface area contributed by atoms with Gasteiger partial charge in [0.15, 0.2) is 5.65 Å². The van der Waals surface area contributed by atoms with E-state index in [1.807, 2.05) is 24.4 Å². The van der Waals surface area contributed by atoms with Crippen LogP contribution in [0.2, 0.25) is 0 Å². The first-order valence-electron chi connectivity index (χ1n) is 13.0. The maximum atomic E-state index is 13.6. The smallest absolute Gasteiger partial charge is 0.345 e. The lowest BCUT2D eigenvalue weighted by molar-refractivity contribution is -0.137. The average molecular weight is 507 g/mol. The molecule has 4 aromatic rings. The minimum Gasteiger partial charge on any atom is -0.345 e. The van der Waals surface area contributed by atoms with Gasteiger partial charge in [-0.1, -0.05) is 43.2 Å². The molecule has 194 valence electrons. The van der Waals surface area contributed by atoms with Gasteiger partial charge >= 0.3 is 6.18 Å². The third-order valence-corrected chi connectivity index (χ3v) is 7.39. The van der Waals surface area contributed by atoms with Gasteiger partial charge in [0.05, 0.1) is 17.3 Å². The van der Waals surface area contributed by atoms with Crippen LogP contribution in [0.15, 0.2) is 42.5 Å². The van der Waals surface area contributed by atoms with Gasteiger partial charge in [-0.15, -0.1) is 0 Å². The highest BCUT2D eigenvalue weighted by Gasteiger charge is 2.35. The van der Waals surface area contributed by atoms with Crippen molar-refractivity contribution in [3.05, 3.63) is 92.8 Å². The molecule has 1 unspecified atom stereocenters. The van der Waals surface area contributed by atoms with Crippen molar-refractivity contribution in [2.24, 2.45) is 0 Å². The number of aromatic nitrogens is 3. The second kappa shape index (κ2) is 9.51. The van der Waals surface area contributed by atoms with Crippen molar-refractivity contribution in [2.45, 2.75) is 79.1 Å². The van der Waals surface area contributed by atoms with Crippen molar-refractivity contribution in [1.82, 2.24) is 14.6 Å².